The molecule has 0 aromatic heterocycles. The number of hydrogen-bond acceptors (Lipinski definition) is 4. The van der Waals surface area contributed by atoms with Crippen molar-refractivity contribution in [3.05, 3.63) is 71.3 Å². The first kappa shape index (κ1) is 22.0. The van der Waals surface area contributed by atoms with Crippen LogP contribution in [0, 0.1) is 0 Å². The molecule has 2 aliphatic rings. The highest BCUT2D eigenvalue weighted by molar-refractivity contribution is 7.89. The van der Waals surface area contributed by atoms with Crippen LogP contribution < -0.4 is 0 Å². The molecule has 1 N–H and O–H groups in total. The molecule has 2 unspecified atom stereocenters. The lowest BCUT2D eigenvalue weighted by atomic mass is 9.74. The second-order valence-electron chi connectivity index (χ2n) is 8.61. The number of rotatable bonds is 5. The Morgan fingerprint density at radius 2 is 1.71 bits per heavy atom. The lowest BCUT2D eigenvalue weighted by Gasteiger charge is -2.37. The van der Waals surface area contributed by atoms with Gasteiger partial charge in [-0.25, -0.2) is 8.42 Å². The van der Waals surface area contributed by atoms with Gasteiger partial charge in [-0.05, 0) is 49.3 Å². The third-order valence-corrected chi connectivity index (χ3v) is 9.17. The number of hydrogen-bond donors (Lipinski definition) is 1. The van der Waals surface area contributed by atoms with Gasteiger partial charge in [0, 0.05) is 25.8 Å². The predicted molar refractivity (Wildman–Crippen MR) is 118 cm³/mol. The number of nitrogens with zero attached hydrogens (tertiary/aromatic N) is 1. The van der Waals surface area contributed by atoms with Crippen LogP contribution in [0.15, 0.2) is 54.6 Å². The Bertz CT molecular complexity index is 1010. The molecule has 0 spiro atoms. The SMILES string of the molecule is CC1CCC(c2ccccc2)S(=O)(=O)N1Cc1ccc(C2(C(=O)O)CCOCC2)cc1. The maximum Gasteiger partial charge on any atom is 0.314 e. The van der Waals surface area contributed by atoms with Gasteiger partial charge in [0.15, 0.2) is 0 Å². The van der Waals surface area contributed by atoms with Gasteiger partial charge in [-0.3, -0.25) is 4.79 Å². The van der Waals surface area contributed by atoms with E-state index in [4.69, 9.17) is 4.74 Å². The monoisotopic (exact) mass is 443 g/mol. The van der Waals surface area contributed by atoms with Crippen LogP contribution in [0.5, 0.6) is 0 Å². The summed E-state index contributed by atoms with van der Waals surface area (Å²) in [6.45, 7) is 3.10. The van der Waals surface area contributed by atoms with E-state index in [-0.39, 0.29) is 12.6 Å². The van der Waals surface area contributed by atoms with Crippen LogP contribution in [0.3, 0.4) is 0 Å². The number of ether oxygens (including phenoxy) is 1. The Kier molecular flexibility index (Phi) is 6.19. The summed E-state index contributed by atoms with van der Waals surface area (Å²) in [6, 6.07) is 16.7. The lowest BCUT2D eigenvalue weighted by molar-refractivity contribution is -0.147. The second-order valence-corrected chi connectivity index (χ2v) is 10.7. The molecule has 2 saturated heterocycles. The average Bonchev–Trinajstić information content (AvgIpc) is 2.78. The van der Waals surface area contributed by atoms with Gasteiger partial charge >= 0.3 is 5.97 Å². The molecule has 31 heavy (non-hydrogen) atoms. The van der Waals surface area contributed by atoms with E-state index in [1.54, 1.807) is 4.31 Å². The van der Waals surface area contributed by atoms with Crippen LogP contribution in [0.25, 0.3) is 0 Å². The maximum atomic E-state index is 13.4. The highest BCUT2D eigenvalue weighted by Gasteiger charge is 2.42. The molecule has 2 aromatic rings. The highest BCUT2D eigenvalue weighted by atomic mass is 32.2. The Hall–Kier alpha value is -2.22. The smallest absolute Gasteiger partial charge is 0.314 e. The topological polar surface area (TPSA) is 83.9 Å². The summed E-state index contributed by atoms with van der Waals surface area (Å²) >= 11 is 0. The van der Waals surface area contributed by atoms with Crippen molar-refractivity contribution >= 4 is 16.0 Å². The van der Waals surface area contributed by atoms with E-state index in [1.165, 1.54) is 0 Å². The van der Waals surface area contributed by atoms with Crippen molar-refractivity contribution < 1.29 is 23.1 Å². The first-order valence-corrected chi connectivity index (χ1v) is 12.3. The van der Waals surface area contributed by atoms with Crippen LogP contribution in [-0.2, 0) is 31.5 Å². The summed E-state index contributed by atoms with van der Waals surface area (Å²) in [7, 11) is -3.50. The third kappa shape index (κ3) is 4.14. The van der Waals surface area contributed by atoms with E-state index < -0.39 is 26.7 Å². The number of carboxylic acids is 1. The molecule has 2 atom stereocenters. The van der Waals surface area contributed by atoms with Gasteiger partial charge in [0.05, 0.1) is 5.41 Å². The van der Waals surface area contributed by atoms with Gasteiger partial charge in [0.2, 0.25) is 10.0 Å². The van der Waals surface area contributed by atoms with Crippen molar-refractivity contribution in [3.63, 3.8) is 0 Å². The van der Waals surface area contributed by atoms with Gasteiger partial charge in [-0.1, -0.05) is 54.6 Å². The quantitative estimate of drug-likeness (QED) is 0.758. The van der Waals surface area contributed by atoms with Crippen LogP contribution in [0.2, 0.25) is 0 Å². The molecule has 6 nitrogen and oxygen atoms in total. The Morgan fingerprint density at radius 3 is 2.32 bits per heavy atom. The molecule has 7 heteroatoms. The number of carbonyl (C=O) groups is 1. The highest BCUT2D eigenvalue weighted by Crippen LogP contribution is 2.39. The first-order chi connectivity index (χ1) is 14.8. The summed E-state index contributed by atoms with van der Waals surface area (Å²) in [5.74, 6) is -0.832. The largest absolute Gasteiger partial charge is 0.481 e. The molecule has 166 valence electrons. The summed E-state index contributed by atoms with van der Waals surface area (Å²) in [6.07, 6.45) is 2.31. The van der Waals surface area contributed by atoms with Gasteiger partial charge < -0.3 is 9.84 Å². The number of carboxylic acid groups (broad SMARTS) is 1. The molecule has 2 heterocycles. The van der Waals surface area contributed by atoms with Gasteiger partial charge in [0.1, 0.15) is 5.25 Å². The van der Waals surface area contributed by atoms with Gasteiger partial charge in [-0.15, -0.1) is 0 Å². The van der Waals surface area contributed by atoms with Gasteiger partial charge in [-0.2, -0.15) is 4.31 Å². The molecule has 0 aliphatic carbocycles. The fourth-order valence-electron chi connectivity index (χ4n) is 4.81. The first-order valence-electron chi connectivity index (χ1n) is 10.8. The van der Waals surface area contributed by atoms with Gasteiger partial charge in [0.25, 0.3) is 0 Å². The Balaban J connectivity index is 1.57. The van der Waals surface area contributed by atoms with Crippen LogP contribution in [0.1, 0.15) is 54.5 Å². The molecule has 2 aliphatic heterocycles. The molecule has 0 saturated carbocycles. The van der Waals surface area contributed by atoms with Crippen LogP contribution >= 0.6 is 0 Å². The summed E-state index contributed by atoms with van der Waals surface area (Å²) in [4.78, 5) is 12.0. The van der Waals surface area contributed by atoms with E-state index in [0.29, 0.717) is 32.5 Å². The van der Waals surface area contributed by atoms with E-state index >= 15 is 0 Å². The zero-order chi connectivity index (χ0) is 22.1. The average molecular weight is 444 g/mol. The molecule has 0 radical (unpaired) electrons. The van der Waals surface area contributed by atoms with Crippen molar-refractivity contribution in [2.24, 2.45) is 0 Å². The van der Waals surface area contributed by atoms with Crippen molar-refractivity contribution in [2.45, 2.75) is 55.9 Å². The lowest BCUT2D eigenvalue weighted by Crippen LogP contribution is -2.44. The molecular formula is C24H29NO5S. The normalized spacial score (nSPS) is 25.7. The van der Waals surface area contributed by atoms with E-state index in [9.17, 15) is 18.3 Å². The van der Waals surface area contributed by atoms with Crippen LogP contribution in [0.4, 0.5) is 0 Å². The fraction of sp³-hybridized carbons (Fsp3) is 0.458. The zero-order valence-corrected chi connectivity index (χ0v) is 18.6. The molecule has 0 amide bonds. The Morgan fingerprint density at radius 1 is 1.06 bits per heavy atom. The summed E-state index contributed by atoms with van der Waals surface area (Å²) in [5, 5.41) is 9.34. The van der Waals surface area contributed by atoms with E-state index in [1.807, 2.05) is 61.5 Å². The third-order valence-electron chi connectivity index (χ3n) is 6.80. The standard InChI is InChI=1S/C24H29NO5S/c1-18-7-12-22(20-5-3-2-4-6-20)31(28,29)25(18)17-19-8-10-21(11-9-19)24(23(26)27)13-15-30-16-14-24/h2-6,8-11,18,22H,7,12-17H2,1H3,(H,26,27). The summed E-state index contributed by atoms with van der Waals surface area (Å²) < 4.78 is 33.8. The predicted octanol–water partition coefficient (Wildman–Crippen LogP) is 3.87. The van der Waals surface area contributed by atoms with Crippen molar-refractivity contribution in [1.29, 1.82) is 0 Å². The minimum Gasteiger partial charge on any atom is -0.481 e. The maximum absolute atomic E-state index is 13.4. The molecule has 2 fully saturated rings. The minimum absolute atomic E-state index is 0.0782. The fourth-order valence-corrected chi connectivity index (χ4v) is 7.00. The zero-order valence-electron chi connectivity index (χ0n) is 17.7. The van der Waals surface area contributed by atoms with Crippen molar-refractivity contribution in [3.8, 4) is 0 Å². The molecule has 2 aromatic carbocycles. The minimum atomic E-state index is -3.50. The molecule has 0 bridgehead atoms. The molecule has 4 rings (SSSR count). The molecular weight excluding hydrogens is 414 g/mol. The summed E-state index contributed by atoms with van der Waals surface area (Å²) in [5.41, 5.74) is 1.52. The van der Waals surface area contributed by atoms with Crippen molar-refractivity contribution in [2.75, 3.05) is 13.2 Å². The van der Waals surface area contributed by atoms with Crippen molar-refractivity contribution in [1.82, 2.24) is 4.31 Å². The second kappa shape index (κ2) is 8.73. The Labute approximate surface area is 183 Å². The van der Waals surface area contributed by atoms with E-state index in [0.717, 1.165) is 23.1 Å². The number of aliphatic carboxylic acids is 1. The van der Waals surface area contributed by atoms with Crippen LogP contribution in [-0.4, -0.2) is 43.1 Å². The number of sulfonamides is 1. The number of benzene rings is 2. The van der Waals surface area contributed by atoms with E-state index in [2.05, 4.69) is 0 Å².